The van der Waals surface area contributed by atoms with Gasteiger partial charge < -0.3 is 4.42 Å². The normalized spacial score (nSPS) is 21.9. The van der Waals surface area contributed by atoms with E-state index in [1.807, 2.05) is 6.07 Å². The number of rotatable bonds is 1. The standard InChI is InChI=1S/C10H12O2/c1-7-2-3-10-8(4-7)5-9(6-11)12-10/h5-7H,2-4H2,1H3. The maximum Gasteiger partial charge on any atom is 0.185 e. The van der Waals surface area contributed by atoms with Crippen molar-refractivity contribution in [2.24, 2.45) is 5.92 Å². The van der Waals surface area contributed by atoms with Gasteiger partial charge in [-0.2, -0.15) is 0 Å². The molecule has 1 unspecified atom stereocenters. The van der Waals surface area contributed by atoms with Crippen molar-refractivity contribution in [3.05, 3.63) is 23.2 Å². The second-order valence-electron chi connectivity index (χ2n) is 3.56. The van der Waals surface area contributed by atoms with Crippen molar-refractivity contribution in [2.45, 2.75) is 26.2 Å². The Morgan fingerprint density at radius 2 is 2.50 bits per heavy atom. The van der Waals surface area contributed by atoms with Gasteiger partial charge in [0.25, 0.3) is 0 Å². The minimum Gasteiger partial charge on any atom is -0.458 e. The Hall–Kier alpha value is -1.05. The van der Waals surface area contributed by atoms with Crippen LogP contribution in [-0.4, -0.2) is 6.29 Å². The minimum atomic E-state index is 0.481. The van der Waals surface area contributed by atoms with E-state index in [-0.39, 0.29) is 0 Å². The van der Waals surface area contributed by atoms with Crippen LogP contribution in [-0.2, 0) is 12.8 Å². The zero-order chi connectivity index (χ0) is 8.55. The van der Waals surface area contributed by atoms with E-state index >= 15 is 0 Å². The molecule has 1 aliphatic rings. The number of carbonyl (C=O) groups is 1. The first-order valence-corrected chi connectivity index (χ1v) is 4.36. The number of aldehydes is 1. The molecule has 1 atom stereocenters. The molecule has 64 valence electrons. The molecule has 0 radical (unpaired) electrons. The fourth-order valence-corrected chi connectivity index (χ4v) is 1.79. The largest absolute Gasteiger partial charge is 0.458 e. The van der Waals surface area contributed by atoms with Crippen LogP contribution < -0.4 is 0 Å². The third kappa shape index (κ3) is 1.17. The Balaban J connectivity index is 2.34. The third-order valence-electron chi connectivity index (χ3n) is 2.46. The third-order valence-corrected chi connectivity index (χ3v) is 2.46. The highest BCUT2D eigenvalue weighted by molar-refractivity contribution is 5.71. The summed E-state index contributed by atoms with van der Waals surface area (Å²) in [7, 11) is 0. The van der Waals surface area contributed by atoms with Crippen LogP contribution in [0.5, 0.6) is 0 Å². The first-order valence-electron chi connectivity index (χ1n) is 4.36. The fourth-order valence-electron chi connectivity index (χ4n) is 1.79. The summed E-state index contributed by atoms with van der Waals surface area (Å²) in [6, 6.07) is 1.87. The molecule has 0 fully saturated rings. The molecule has 0 saturated heterocycles. The summed E-state index contributed by atoms with van der Waals surface area (Å²) in [5.74, 6) is 2.24. The van der Waals surface area contributed by atoms with E-state index in [0.29, 0.717) is 5.76 Å². The quantitative estimate of drug-likeness (QED) is 0.596. The molecule has 0 spiro atoms. The van der Waals surface area contributed by atoms with Crippen molar-refractivity contribution >= 4 is 6.29 Å². The van der Waals surface area contributed by atoms with Crippen LogP contribution >= 0.6 is 0 Å². The van der Waals surface area contributed by atoms with Gasteiger partial charge in [-0.3, -0.25) is 4.79 Å². The molecule has 2 rings (SSSR count). The van der Waals surface area contributed by atoms with Crippen LogP contribution in [0.25, 0.3) is 0 Å². The smallest absolute Gasteiger partial charge is 0.185 e. The van der Waals surface area contributed by atoms with Gasteiger partial charge in [0.15, 0.2) is 12.0 Å². The van der Waals surface area contributed by atoms with Gasteiger partial charge in [0.2, 0.25) is 0 Å². The molecule has 0 bridgehead atoms. The predicted molar refractivity (Wildman–Crippen MR) is 45.3 cm³/mol. The topological polar surface area (TPSA) is 30.2 Å². The van der Waals surface area contributed by atoms with Gasteiger partial charge >= 0.3 is 0 Å². The summed E-state index contributed by atoms with van der Waals surface area (Å²) in [5.41, 5.74) is 1.23. The molecule has 0 N–H and O–H groups in total. The Morgan fingerprint density at radius 1 is 1.67 bits per heavy atom. The molecule has 0 aromatic carbocycles. The zero-order valence-electron chi connectivity index (χ0n) is 7.17. The Morgan fingerprint density at radius 3 is 3.25 bits per heavy atom. The summed E-state index contributed by atoms with van der Waals surface area (Å²) in [4.78, 5) is 10.4. The van der Waals surface area contributed by atoms with Crippen LogP contribution in [0.3, 0.4) is 0 Å². The van der Waals surface area contributed by atoms with Gasteiger partial charge in [-0.15, -0.1) is 0 Å². The summed E-state index contributed by atoms with van der Waals surface area (Å²) >= 11 is 0. The molecule has 1 aromatic heterocycles. The monoisotopic (exact) mass is 164 g/mol. The van der Waals surface area contributed by atoms with Crippen LogP contribution in [0.1, 0.15) is 35.2 Å². The molecule has 0 saturated carbocycles. The van der Waals surface area contributed by atoms with E-state index in [1.165, 1.54) is 12.0 Å². The molecular formula is C10H12O2. The van der Waals surface area contributed by atoms with Gasteiger partial charge in [-0.25, -0.2) is 0 Å². The van der Waals surface area contributed by atoms with Crippen LogP contribution in [0.4, 0.5) is 0 Å². The van der Waals surface area contributed by atoms with Crippen LogP contribution in [0, 0.1) is 5.92 Å². The molecule has 0 amide bonds. The zero-order valence-corrected chi connectivity index (χ0v) is 7.17. The lowest BCUT2D eigenvalue weighted by Gasteiger charge is -2.15. The Labute approximate surface area is 71.6 Å². The van der Waals surface area contributed by atoms with Crippen molar-refractivity contribution in [3.63, 3.8) is 0 Å². The van der Waals surface area contributed by atoms with E-state index in [9.17, 15) is 4.79 Å². The first kappa shape index (κ1) is 7.59. The number of fused-ring (bicyclic) bond motifs is 1. The molecule has 2 heteroatoms. The Kier molecular flexibility index (Phi) is 1.75. The molecule has 1 aromatic rings. The van der Waals surface area contributed by atoms with Gasteiger partial charge in [0.1, 0.15) is 5.76 Å². The minimum absolute atomic E-state index is 0.481. The summed E-state index contributed by atoms with van der Waals surface area (Å²) < 4.78 is 5.34. The number of furan rings is 1. The lowest BCUT2D eigenvalue weighted by molar-refractivity contribution is 0.109. The molecule has 1 heterocycles. The van der Waals surface area contributed by atoms with Crippen molar-refractivity contribution in [1.29, 1.82) is 0 Å². The van der Waals surface area contributed by atoms with Gasteiger partial charge in [-0.1, -0.05) is 6.92 Å². The van der Waals surface area contributed by atoms with E-state index in [0.717, 1.165) is 30.8 Å². The predicted octanol–water partition coefficient (Wildman–Crippen LogP) is 2.22. The van der Waals surface area contributed by atoms with E-state index in [4.69, 9.17) is 4.42 Å². The number of aryl methyl sites for hydroxylation is 1. The summed E-state index contributed by atoms with van der Waals surface area (Å²) in [6.07, 6.45) is 4.01. The van der Waals surface area contributed by atoms with E-state index in [1.54, 1.807) is 0 Å². The second-order valence-corrected chi connectivity index (χ2v) is 3.56. The molecule has 12 heavy (non-hydrogen) atoms. The van der Waals surface area contributed by atoms with Crippen LogP contribution in [0.15, 0.2) is 10.5 Å². The van der Waals surface area contributed by atoms with Crippen molar-refractivity contribution in [1.82, 2.24) is 0 Å². The van der Waals surface area contributed by atoms with Gasteiger partial charge in [0.05, 0.1) is 0 Å². The van der Waals surface area contributed by atoms with Crippen molar-refractivity contribution in [3.8, 4) is 0 Å². The van der Waals surface area contributed by atoms with E-state index in [2.05, 4.69) is 6.92 Å². The first-order chi connectivity index (χ1) is 5.79. The summed E-state index contributed by atoms with van der Waals surface area (Å²) in [5, 5.41) is 0. The highest BCUT2D eigenvalue weighted by Crippen LogP contribution is 2.27. The van der Waals surface area contributed by atoms with Crippen molar-refractivity contribution in [2.75, 3.05) is 0 Å². The fraction of sp³-hybridized carbons (Fsp3) is 0.500. The number of hydrogen-bond donors (Lipinski definition) is 0. The van der Waals surface area contributed by atoms with E-state index < -0.39 is 0 Å². The highest BCUT2D eigenvalue weighted by Gasteiger charge is 2.19. The molecule has 0 aliphatic heterocycles. The molecule has 2 nitrogen and oxygen atoms in total. The number of hydrogen-bond acceptors (Lipinski definition) is 2. The Bertz CT molecular complexity index is 299. The lowest BCUT2D eigenvalue weighted by Crippen LogP contribution is -2.08. The molecular weight excluding hydrogens is 152 g/mol. The molecule has 1 aliphatic carbocycles. The average Bonchev–Trinajstić information content (AvgIpc) is 2.46. The van der Waals surface area contributed by atoms with Crippen molar-refractivity contribution < 1.29 is 9.21 Å². The highest BCUT2D eigenvalue weighted by atomic mass is 16.3. The van der Waals surface area contributed by atoms with Gasteiger partial charge in [-0.05, 0) is 30.4 Å². The van der Waals surface area contributed by atoms with Crippen LogP contribution in [0.2, 0.25) is 0 Å². The lowest BCUT2D eigenvalue weighted by atomic mass is 9.90. The average molecular weight is 164 g/mol. The number of carbonyl (C=O) groups excluding carboxylic acids is 1. The second kappa shape index (κ2) is 2.77. The van der Waals surface area contributed by atoms with Gasteiger partial charge in [0, 0.05) is 6.42 Å². The maximum atomic E-state index is 10.4. The maximum absolute atomic E-state index is 10.4. The SMILES string of the molecule is CC1CCc2oc(C=O)cc2C1. The summed E-state index contributed by atoms with van der Waals surface area (Å²) in [6.45, 7) is 2.23.